The zero-order chi connectivity index (χ0) is 20.0. The van der Waals surface area contributed by atoms with Crippen LogP contribution in [0.25, 0.3) is 11.4 Å². The molecule has 0 amide bonds. The van der Waals surface area contributed by atoms with E-state index in [0.29, 0.717) is 0 Å². The van der Waals surface area contributed by atoms with E-state index in [4.69, 9.17) is 4.74 Å². The van der Waals surface area contributed by atoms with Gasteiger partial charge in [0.25, 0.3) is 0 Å². The quantitative estimate of drug-likeness (QED) is 0.323. The van der Waals surface area contributed by atoms with Gasteiger partial charge >= 0.3 is 0 Å². The molecule has 3 heteroatoms. The first-order valence-electron chi connectivity index (χ1n) is 11.3. The standard InChI is InChI=1S/C25H38N2O/c1-4-6-7-8-9-10-13-22-19-26-25(27-20-22)23-14-16-24(17-15-23)28-18-11-12-21(3)5-2/h14-17,19-21H,4-13,18H2,1-3H3/t21-/m0/s1. The Kier molecular flexibility index (Phi) is 10.6. The summed E-state index contributed by atoms with van der Waals surface area (Å²) in [5.74, 6) is 2.50. The molecule has 2 aromatic rings. The average Bonchev–Trinajstić information content (AvgIpc) is 2.74. The molecular formula is C25H38N2O. The summed E-state index contributed by atoms with van der Waals surface area (Å²) in [6, 6.07) is 8.14. The Bertz CT molecular complexity index is 637. The maximum atomic E-state index is 5.85. The molecule has 0 aliphatic rings. The van der Waals surface area contributed by atoms with Gasteiger partial charge in [0.15, 0.2) is 5.82 Å². The Morgan fingerprint density at radius 1 is 0.857 bits per heavy atom. The van der Waals surface area contributed by atoms with Gasteiger partial charge in [0.1, 0.15) is 5.75 Å². The van der Waals surface area contributed by atoms with Gasteiger partial charge in [-0.2, -0.15) is 0 Å². The number of ether oxygens (including phenoxy) is 1. The number of nitrogens with zero attached hydrogens (tertiary/aromatic N) is 2. The van der Waals surface area contributed by atoms with Crippen molar-refractivity contribution in [2.75, 3.05) is 6.61 Å². The lowest BCUT2D eigenvalue weighted by molar-refractivity contribution is 0.294. The lowest BCUT2D eigenvalue weighted by Crippen LogP contribution is -2.01. The van der Waals surface area contributed by atoms with Crippen molar-refractivity contribution in [2.24, 2.45) is 5.92 Å². The van der Waals surface area contributed by atoms with Gasteiger partial charge < -0.3 is 4.74 Å². The van der Waals surface area contributed by atoms with Crippen LogP contribution >= 0.6 is 0 Å². The smallest absolute Gasteiger partial charge is 0.159 e. The number of aromatic nitrogens is 2. The fourth-order valence-electron chi connectivity index (χ4n) is 3.27. The molecule has 1 aromatic heterocycles. The SMILES string of the molecule is CCCCCCCCc1cnc(-c2ccc(OCCC[C@@H](C)CC)cc2)nc1. The predicted molar refractivity (Wildman–Crippen MR) is 119 cm³/mol. The second-order valence-electron chi connectivity index (χ2n) is 7.96. The van der Waals surface area contributed by atoms with Crippen molar-refractivity contribution in [1.82, 2.24) is 9.97 Å². The van der Waals surface area contributed by atoms with E-state index < -0.39 is 0 Å². The first-order valence-corrected chi connectivity index (χ1v) is 11.3. The summed E-state index contributed by atoms with van der Waals surface area (Å²) in [5, 5.41) is 0. The number of benzene rings is 1. The van der Waals surface area contributed by atoms with Crippen LogP contribution < -0.4 is 4.74 Å². The third kappa shape index (κ3) is 8.41. The zero-order valence-electron chi connectivity index (χ0n) is 18.1. The van der Waals surface area contributed by atoms with Gasteiger partial charge in [-0.25, -0.2) is 9.97 Å². The van der Waals surface area contributed by atoms with Gasteiger partial charge in [-0.05, 0) is 61.4 Å². The van der Waals surface area contributed by atoms with Crippen LogP contribution in [0, 0.1) is 5.92 Å². The largest absolute Gasteiger partial charge is 0.494 e. The highest BCUT2D eigenvalue weighted by atomic mass is 16.5. The van der Waals surface area contributed by atoms with Crippen molar-refractivity contribution in [3.8, 4) is 17.1 Å². The molecule has 0 fully saturated rings. The van der Waals surface area contributed by atoms with Crippen LogP contribution in [-0.4, -0.2) is 16.6 Å². The third-order valence-electron chi connectivity index (χ3n) is 5.44. The first kappa shape index (κ1) is 22.4. The predicted octanol–water partition coefficient (Wildman–Crippen LogP) is 7.25. The Labute approximate surface area is 172 Å². The van der Waals surface area contributed by atoms with E-state index >= 15 is 0 Å². The van der Waals surface area contributed by atoms with E-state index in [1.165, 1.54) is 56.9 Å². The third-order valence-corrected chi connectivity index (χ3v) is 5.44. The molecule has 0 aliphatic heterocycles. The van der Waals surface area contributed by atoms with Crippen LogP contribution in [0.2, 0.25) is 0 Å². The van der Waals surface area contributed by atoms with Crippen molar-refractivity contribution in [3.05, 3.63) is 42.2 Å². The van der Waals surface area contributed by atoms with Crippen molar-refractivity contribution in [2.45, 2.75) is 85.0 Å². The van der Waals surface area contributed by atoms with Gasteiger partial charge in [-0.1, -0.05) is 59.3 Å². The Hall–Kier alpha value is -1.90. The van der Waals surface area contributed by atoms with Crippen LogP contribution in [0.1, 0.15) is 84.1 Å². The molecule has 3 nitrogen and oxygen atoms in total. The number of unbranched alkanes of at least 4 members (excludes halogenated alkanes) is 5. The van der Waals surface area contributed by atoms with Crippen LogP contribution in [0.15, 0.2) is 36.7 Å². The fourth-order valence-corrected chi connectivity index (χ4v) is 3.27. The van der Waals surface area contributed by atoms with Crippen LogP contribution in [0.4, 0.5) is 0 Å². The molecule has 1 aromatic carbocycles. The lowest BCUT2D eigenvalue weighted by Gasteiger charge is -2.10. The summed E-state index contributed by atoms with van der Waals surface area (Å²) in [5.41, 5.74) is 2.28. The molecule has 28 heavy (non-hydrogen) atoms. The van der Waals surface area contributed by atoms with Crippen molar-refractivity contribution < 1.29 is 4.74 Å². The van der Waals surface area contributed by atoms with Crippen LogP contribution in [0.3, 0.4) is 0 Å². The van der Waals surface area contributed by atoms with Crippen LogP contribution in [0.5, 0.6) is 5.75 Å². The number of aryl methyl sites for hydroxylation is 1. The summed E-state index contributed by atoms with van der Waals surface area (Å²) in [4.78, 5) is 9.12. The Morgan fingerprint density at radius 2 is 1.54 bits per heavy atom. The Balaban J connectivity index is 1.74. The summed E-state index contributed by atoms with van der Waals surface area (Å²) >= 11 is 0. The number of rotatable bonds is 14. The van der Waals surface area contributed by atoms with Crippen molar-refractivity contribution >= 4 is 0 Å². The Morgan fingerprint density at radius 3 is 2.21 bits per heavy atom. The van der Waals surface area contributed by atoms with E-state index in [1.807, 2.05) is 36.7 Å². The second kappa shape index (κ2) is 13.3. The molecule has 1 heterocycles. The van der Waals surface area contributed by atoms with Crippen molar-refractivity contribution in [3.63, 3.8) is 0 Å². The van der Waals surface area contributed by atoms with E-state index in [-0.39, 0.29) is 0 Å². The van der Waals surface area contributed by atoms with Gasteiger partial charge in [-0.3, -0.25) is 0 Å². The molecule has 2 rings (SSSR count). The normalized spacial score (nSPS) is 12.1. The average molecular weight is 383 g/mol. The van der Waals surface area contributed by atoms with E-state index in [2.05, 4.69) is 30.7 Å². The monoisotopic (exact) mass is 382 g/mol. The van der Waals surface area contributed by atoms with Crippen LogP contribution in [-0.2, 0) is 6.42 Å². The second-order valence-corrected chi connectivity index (χ2v) is 7.96. The number of hydrogen-bond donors (Lipinski definition) is 0. The van der Waals surface area contributed by atoms with E-state index in [0.717, 1.165) is 42.5 Å². The minimum atomic E-state index is 0.784. The van der Waals surface area contributed by atoms with Gasteiger partial charge in [-0.15, -0.1) is 0 Å². The molecular weight excluding hydrogens is 344 g/mol. The summed E-state index contributed by atoms with van der Waals surface area (Å²) in [7, 11) is 0. The molecule has 0 N–H and O–H groups in total. The number of hydrogen-bond acceptors (Lipinski definition) is 3. The zero-order valence-corrected chi connectivity index (χ0v) is 18.1. The van der Waals surface area contributed by atoms with E-state index in [1.54, 1.807) is 0 Å². The molecule has 0 unspecified atom stereocenters. The molecule has 0 bridgehead atoms. The van der Waals surface area contributed by atoms with Gasteiger partial charge in [0.05, 0.1) is 6.61 Å². The van der Waals surface area contributed by atoms with Gasteiger partial charge in [0.2, 0.25) is 0 Å². The van der Waals surface area contributed by atoms with Gasteiger partial charge in [0, 0.05) is 18.0 Å². The summed E-state index contributed by atoms with van der Waals surface area (Å²) in [6.45, 7) is 7.59. The molecule has 0 spiro atoms. The topological polar surface area (TPSA) is 35.0 Å². The molecule has 1 atom stereocenters. The molecule has 0 saturated carbocycles. The molecule has 0 aliphatic carbocycles. The summed E-state index contributed by atoms with van der Waals surface area (Å²) in [6.07, 6.45) is 16.5. The van der Waals surface area contributed by atoms with E-state index in [9.17, 15) is 0 Å². The minimum Gasteiger partial charge on any atom is -0.494 e. The molecule has 0 saturated heterocycles. The highest BCUT2D eigenvalue weighted by Gasteiger charge is 2.04. The maximum absolute atomic E-state index is 5.85. The first-order chi connectivity index (χ1) is 13.7. The van der Waals surface area contributed by atoms with Crippen molar-refractivity contribution in [1.29, 1.82) is 0 Å². The highest BCUT2D eigenvalue weighted by Crippen LogP contribution is 2.20. The fraction of sp³-hybridized carbons (Fsp3) is 0.600. The minimum absolute atomic E-state index is 0.784. The summed E-state index contributed by atoms with van der Waals surface area (Å²) < 4.78 is 5.85. The highest BCUT2D eigenvalue weighted by molar-refractivity contribution is 5.55. The lowest BCUT2D eigenvalue weighted by atomic mass is 10.0. The molecule has 154 valence electrons. The maximum Gasteiger partial charge on any atom is 0.159 e. The molecule has 0 radical (unpaired) electrons.